The fraction of sp³-hybridized carbons (Fsp3) is 0.750. The number of hydrogen-bond donors (Lipinski definition) is 1. The quantitative estimate of drug-likeness (QED) is 0.309. The maximum absolute atomic E-state index is 9.09. The zero-order chi connectivity index (χ0) is 11.4. The van der Waals surface area contributed by atoms with Crippen molar-refractivity contribution in [3.63, 3.8) is 0 Å². The molecule has 0 radical (unpaired) electrons. The highest BCUT2D eigenvalue weighted by Gasteiger charge is 2.30. The second-order valence-corrected chi connectivity index (χ2v) is 4.40. The van der Waals surface area contributed by atoms with Crippen LogP contribution in [0.25, 0.3) is 0 Å². The van der Waals surface area contributed by atoms with Crippen LogP contribution < -0.4 is 0 Å². The fourth-order valence-corrected chi connectivity index (χ4v) is 1.61. The molecular weight excluding hydrogens is 174 g/mol. The van der Waals surface area contributed by atoms with E-state index in [1.807, 2.05) is 6.92 Å². The van der Waals surface area contributed by atoms with Gasteiger partial charge in [-0.3, -0.25) is 0 Å². The van der Waals surface area contributed by atoms with E-state index in [-0.39, 0.29) is 5.41 Å². The molecule has 0 atom stereocenters. The molecule has 0 bridgehead atoms. The second-order valence-electron chi connectivity index (χ2n) is 4.40. The first-order chi connectivity index (χ1) is 6.41. The van der Waals surface area contributed by atoms with E-state index in [1.54, 1.807) is 0 Å². The van der Waals surface area contributed by atoms with Gasteiger partial charge in [-0.15, -0.1) is 0 Å². The number of allylic oxidation sites excluding steroid dienone is 1. The Morgan fingerprint density at radius 1 is 1.36 bits per heavy atom. The summed E-state index contributed by atoms with van der Waals surface area (Å²) in [6.45, 7) is 14.3. The predicted octanol–water partition coefficient (Wildman–Crippen LogP) is 3.86. The predicted molar refractivity (Wildman–Crippen MR) is 61.9 cm³/mol. The molecule has 0 amide bonds. The summed E-state index contributed by atoms with van der Waals surface area (Å²) in [5.41, 5.74) is 1.69. The molecule has 0 saturated heterocycles. The molecule has 2 nitrogen and oxygen atoms in total. The van der Waals surface area contributed by atoms with Crippen LogP contribution in [0, 0.1) is 11.3 Å². The summed E-state index contributed by atoms with van der Waals surface area (Å²) >= 11 is 0. The van der Waals surface area contributed by atoms with Crippen LogP contribution in [0.4, 0.5) is 0 Å². The highest BCUT2D eigenvalue weighted by molar-refractivity contribution is 5.93. The van der Waals surface area contributed by atoms with Gasteiger partial charge in [0, 0.05) is 11.3 Å². The van der Waals surface area contributed by atoms with Crippen LogP contribution in [0.1, 0.15) is 47.5 Å². The molecule has 2 heteroatoms. The molecule has 0 aliphatic carbocycles. The van der Waals surface area contributed by atoms with Gasteiger partial charge < -0.3 is 5.21 Å². The zero-order valence-corrected chi connectivity index (χ0v) is 10.1. The molecule has 0 fully saturated rings. The van der Waals surface area contributed by atoms with Gasteiger partial charge in [0.05, 0.1) is 5.71 Å². The summed E-state index contributed by atoms with van der Waals surface area (Å²) in [6.07, 6.45) is 2.01. The van der Waals surface area contributed by atoms with Crippen LogP contribution in [-0.2, 0) is 0 Å². The van der Waals surface area contributed by atoms with E-state index < -0.39 is 0 Å². The molecule has 0 saturated carbocycles. The molecule has 0 spiro atoms. The van der Waals surface area contributed by atoms with Gasteiger partial charge in [0.1, 0.15) is 0 Å². The first kappa shape index (κ1) is 13.2. The van der Waals surface area contributed by atoms with Gasteiger partial charge in [0.15, 0.2) is 0 Å². The lowest BCUT2D eigenvalue weighted by molar-refractivity contribution is 0.304. The summed E-state index contributed by atoms with van der Waals surface area (Å²) in [5, 5.41) is 12.6. The molecule has 0 heterocycles. The third-order valence-corrected chi connectivity index (χ3v) is 3.19. The highest BCUT2D eigenvalue weighted by Crippen LogP contribution is 2.32. The van der Waals surface area contributed by atoms with E-state index in [0.29, 0.717) is 5.92 Å². The Morgan fingerprint density at radius 3 is 2.00 bits per heavy atom. The molecule has 0 aromatic carbocycles. The topological polar surface area (TPSA) is 32.6 Å². The van der Waals surface area contributed by atoms with Crippen LogP contribution in [0.2, 0.25) is 0 Å². The van der Waals surface area contributed by atoms with E-state index in [1.165, 1.54) is 0 Å². The lowest BCUT2D eigenvalue weighted by atomic mass is 9.74. The average Bonchev–Trinajstić information content (AvgIpc) is 2.13. The Morgan fingerprint density at radius 2 is 1.79 bits per heavy atom. The molecule has 0 aliphatic heterocycles. The Labute approximate surface area is 87.7 Å². The summed E-state index contributed by atoms with van der Waals surface area (Å²) in [6, 6.07) is 0. The fourth-order valence-electron chi connectivity index (χ4n) is 1.61. The van der Waals surface area contributed by atoms with E-state index in [0.717, 1.165) is 24.1 Å². The van der Waals surface area contributed by atoms with Crippen molar-refractivity contribution in [1.29, 1.82) is 0 Å². The van der Waals surface area contributed by atoms with Crippen LogP contribution in [0.3, 0.4) is 0 Å². The molecule has 0 unspecified atom stereocenters. The maximum Gasteiger partial charge on any atom is 0.0697 e. The minimum Gasteiger partial charge on any atom is -0.411 e. The SMILES string of the molecule is C=C(C)C(C)(C)/C(=N\O)C(CC)CC. The molecule has 1 N–H and O–H groups in total. The number of hydrogen-bond acceptors (Lipinski definition) is 2. The largest absolute Gasteiger partial charge is 0.411 e. The molecule has 14 heavy (non-hydrogen) atoms. The molecule has 0 aromatic rings. The summed E-state index contributed by atoms with van der Waals surface area (Å²) < 4.78 is 0. The lowest BCUT2D eigenvalue weighted by Gasteiger charge is -2.30. The molecule has 82 valence electrons. The van der Waals surface area contributed by atoms with E-state index in [9.17, 15) is 0 Å². The van der Waals surface area contributed by atoms with Crippen molar-refractivity contribution in [2.24, 2.45) is 16.5 Å². The van der Waals surface area contributed by atoms with Gasteiger partial charge in [-0.05, 0) is 19.8 Å². The molecule has 0 aromatic heterocycles. The summed E-state index contributed by atoms with van der Waals surface area (Å²) in [5.74, 6) is 0.353. The third kappa shape index (κ3) is 2.60. The smallest absolute Gasteiger partial charge is 0.0697 e. The van der Waals surface area contributed by atoms with Crippen molar-refractivity contribution in [3.05, 3.63) is 12.2 Å². The van der Waals surface area contributed by atoms with Gasteiger partial charge in [-0.2, -0.15) is 0 Å². The van der Waals surface area contributed by atoms with Crippen LogP contribution in [0.5, 0.6) is 0 Å². The van der Waals surface area contributed by atoms with Crippen molar-refractivity contribution in [2.75, 3.05) is 0 Å². The van der Waals surface area contributed by atoms with Gasteiger partial charge in [0.2, 0.25) is 0 Å². The average molecular weight is 197 g/mol. The zero-order valence-electron chi connectivity index (χ0n) is 10.1. The Kier molecular flexibility index (Phi) is 4.89. The van der Waals surface area contributed by atoms with Crippen molar-refractivity contribution >= 4 is 5.71 Å². The van der Waals surface area contributed by atoms with Crippen LogP contribution >= 0.6 is 0 Å². The van der Waals surface area contributed by atoms with Crippen molar-refractivity contribution in [1.82, 2.24) is 0 Å². The first-order valence-electron chi connectivity index (χ1n) is 5.30. The second kappa shape index (κ2) is 5.18. The van der Waals surface area contributed by atoms with E-state index in [2.05, 4.69) is 39.4 Å². The molecule has 0 aliphatic rings. The summed E-state index contributed by atoms with van der Waals surface area (Å²) in [7, 11) is 0. The van der Waals surface area contributed by atoms with Crippen LogP contribution in [0.15, 0.2) is 17.3 Å². The Bertz CT molecular complexity index is 224. The van der Waals surface area contributed by atoms with Crippen molar-refractivity contribution in [2.45, 2.75) is 47.5 Å². The van der Waals surface area contributed by atoms with Crippen molar-refractivity contribution in [3.8, 4) is 0 Å². The van der Waals surface area contributed by atoms with Crippen molar-refractivity contribution < 1.29 is 5.21 Å². The highest BCUT2D eigenvalue weighted by atomic mass is 16.4. The molecular formula is C12H23NO. The number of rotatable bonds is 5. The maximum atomic E-state index is 9.09. The molecule has 0 rings (SSSR count). The number of oxime groups is 1. The monoisotopic (exact) mass is 197 g/mol. The van der Waals surface area contributed by atoms with Gasteiger partial charge in [-0.25, -0.2) is 0 Å². The van der Waals surface area contributed by atoms with Gasteiger partial charge in [0.25, 0.3) is 0 Å². The van der Waals surface area contributed by atoms with E-state index >= 15 is 0 Å². The van der Waals surface area contributed by atoms with Gasteiger partial charge >= 0.3 is 0 Å². The minimum atomic E-state index is -0.203. The standard InChI is InChI=1S/C12H23NO/c1-7-10(8-2)11(13-14)12(5,6)9(3)4/h10,14H,3,7-8H2,1-2,4-6H3/b13-11-. The normalized spacial score (nSPS) is 13.4. The third-order valence-electron chi connectivity index (χ3n) is 3.19. The number of nitrogens with zero attached hydrogens (tertiary/aromatic N) is 1. The summed E-state index contributed by atoms with van der Waals surface area (Å²) in [4.78, 5) is 0. The van der Waals surface area contributed by atoms with E-state index in [4.69, 9.17) is 5.21 Å². The Balaban J connectivity index is 4.99. The Hall–Kier alpha value is -0.790. The minimum absolute atomic E-state index is 0.203. The van der Waals surface area contributed by atoms with Gasteiger partial charge in [-0.1, -0.05) is 45.0 Å². The first-order valence-corrected chi connectivity index (χ1v) is 5.30. The van der Waals surface area contributed by atoms with Crippen LogP contribution in [-0.4, -0.2) is 10.9 Å². The lowest BCUT2D eigenvalue weighted by Crippen LogP contribution is -2.31.